The van der Waals surface area contributed by atoms with Gasteiger partial charge in [-0.3, -0.25) is 4.90 Å². The second kappa shape index (κ2) is 6.59. The molecule has 2 fully saturated rings. The molecule has 4 rings (SSSR count). The van der Waals surface area contributed by atoms with Gasteiger partial charge < -0.3 is 10.3 Å². The summed E-state index contributed by atoms with van der Waals surface area (Å²) < 4.78 is 5.47. The first-order valence-corrected chi connectivity index (χ1v) is 8.10. The summed E-state index contributed by atoms with van der Waals surface area (Å²) in [6.45, 7) is 3.93. The van der Waals surface area contributed by atoms with Gasteiger partial charge in [-0.05, 0) is 25.3 Å². The van der Waals surface area contributed by atoms with Gasteiger partial charge in [-0.15, -0.1) is 12.4 Å². The molecule has 2 aromatic rings. The average Bonchev–Trinajstić information content (AvgIpc) is 3.15. The van der Waals surface area contributed by atoms with Gasteiger partial charge in [0.15, 0.2) is 5.82 Å². The van der Waals surface area contributed by atoms with Gasteiger partial charge in [0.1, 0.15) is 0 Å². The monoisotopic (exact) mass is 334 g/mol. The maximum absolute atomic E-state index is 6.37. The Kier molecular flexibility index (Phi) is 4.71. The number of likely N-dealkylation sites (tertiary alicyclic amines) is 1. The van der Waals surface area contributed by atoms with Gasteiger partial charge in [-0.2, -0.15) is 4.98 Å². The van der Waals surface area contributed by atoms with Crippen LogP contribution in [0.5, 0.6) is 0 Å². The molecule has 2 aliphatic rings. The lowest BCUT2D eigenvalue weighted by atomic mass is 9.95. The van der Waals surface area contributed by atoms with Crippen molar-refractivity contribution >= 4 is 12.4 Å². The SMILES string of the molecule is CC(c1nc(C2CC2)no1)N1C[C@@H](N)[C@H](c2ccccc2)C1.Cl. The lowest BCUT2D eigenvalue weighted by molar-refractivity contribution is 0.205. The second-order valence-electron chi connectivity index (χ2n) is 6.58. The van der Waals surface area contributed by atoms with E-state index in [0.29, 0.717) is 11.8 Å². The van der Waals surface area contributed by atoms with E-state index >= 15 is 0 Å². The minimum atomic E-state index is 0. The quantitative estimate of drug-likeness (QED) is 0.931. The van der Waals surface area contributed by atoms with E-state index in [0.717, 1.165) is 24.8 Å². The van der Waals surface area contributed by atoms with Gasteiger partial charge in [0, 0.05) is 31.0 Å². The Hall–Kier alpha value is -1.43. The molecule has 1 aliphatic carbocycles. The van der Waals surface area contributed by atoms with Crippen LogP contribution >= 0.6 is 12.4 Å². The summed E-state index contributed by atoms with van der Waals surface area (Å²) in [7, 11) is 0. The van der Waals surface area contributed by atoms with Crippen molar-refractivity contribution in [1.29, 1.82) is 0 Å². The normalized spacial score (nSPS) is 26.0. The summed E-state index contributed by atoms with van der Waals surface area (Å²) in [5, 5.41) is 4.12. The van der Waals surface area contributed by atoms with E-state index in [4.69, 9.17) is 10.3 Å². The van der Waals surface area contributed by atoms with Gasteiger partial charge in [-0.25, -0.2) is 0 Å². The molecule has 1 aromatic heterocycles. The maximum Gasteiger partial charge on any atom is 0.243 e. The predicted octanol–water partition coefficient (Wildman–Crippen LogP) is 2.86. The van der Waals surface area contributed by atoms with Crippen molar-refractivity contribution in [3.05, 3.63) is 47.6 Å². The highest BCUT2D eigenvalue weighted by Crippen LogP contribution is 2.39. The molecular formula is C17H23ClN4O. The molecule has 0 amide bonds. The van der Waals surface area contributed by atoms with Crippen LogP contribution in [-0.4, -0.2) is 34.2 Å². The number of benzene rings is 1. The van der Waals surface area contributed by atoms with Crippen LogP contribution < -0.4 is 5.73 Å². The molecule has 1 unspecified atom stereocenters. The van der Waals surface area contributed by atoms with Gasteiger partial charge in [0.05, 0.1) is 6.04 Å². The molecule has 5 nitrogen and oxygen atoms in total. The zero-order valence-electron chi connectivity index (χ0n) is 13.3. The summed E-state index contributed by atoms with van der Waals surface area (Å²) in [5.41, 5.74) is 7.69. The molecule has 6 heteroatoms. The molecule has 1 saturated heterocycles. The van der Waals surface area contributed by atoms with Crippen molar-refractivity contribution in [2.24, 2.45) is 5.73 Å². The Morgan fingerprint density at radius 3 is 2.65 bits per heavy atom. The largest absolute Gasteiger partial charge is 0.338 e. The highest BCUT2D eigenvalue weighted by Gasteiger charge is 2.36. The third-order valence-electron chi connectivity index (χ3n) is 4.93. The molecule has 124 valence electrons. The number of nitrogens with two attached hydrogens (primary N) is 1. The fraction of sp³-hybridized carbons (Fsp3) is 0.529. The Balaban J connectivity index is 0.00000156. The highest BCUT2D eigenvalue weighted by atomic mass is 35.5. The average molecular weight is 335 g/mol. The first-order valence-electron chi connectivity index (χ1n) is 8.10. The number of aromatic nitrogens is 2. The van der Waals surface area contributed by atoms with E-state index in [-0.39, 0.29) is 24.5 Å². The van der Waals surface area contributed by atoms with Crippen LogP contribution in [0, 0.1) is 0 Å². The molecule has 0 bridgehead atoms. The van der Waals surface area contributed by atoms with Crippen molar-refractivity contribution in [2.75, 3.05) is 13.1 Å². The molecule has 0 spiro atoms. The molecule has 1 saturated carbocycles. The first-order chi connectivity index (χ1) is 10.7. The van der Waals surface area contributed by atoms with Crippen molar-refractivity contribution in [2.45, 2.75) is 43.7 Å². The number of rotatable bonds is 4. The Bertz CT molecular complexity index is 643. The maximum atomic E-state index is 6.37. The summed E-state index contributed by atoms with van der Waals surface area (Å²) in [6.07, 6.45) is 2.38. The summed E-state index contributed by atoms with van der Waals surface area (Å²) in [5.74, 6) is 2.50. The van der Waals surface area contributed by atoms with Crippen LogP contribution in [0.15, 0.2) is 34.9 Å². The summed E-state index contributed by atoms with van der Waals surface area (Å²) in [6, 6.07) is 10.8. The number of nitrogens with zero attached hydrogens (tertiary/aromatic N) is 3. The van der Waals surface area contributed by atoms with Crippen LogP contribution in [0.3, 0.4) is 0 Å². The smallest absolute Gasteiger partial charge is 0.243 e. The van der Waals surface area contributed by atoms with Crippen molar-refractivity contribution in [3.63, 3.8) is 0 Å². The zero-order chi connectivity index (χ0) is 15.1. The lowest BCUT2D eigenvalue weighted by Gasteiger charge is -2.20. The summed E-state index contributed by atoms with van der Waals surface area (Å²) >= 11 is 0. The highest BCUT2D eigenvalue weighted by molar-refractivity contribution is 5.85. The Morgan fingerprint density at radius 2 is 1.96 bits per heavy atom. The molecular weight excluding hydrogens is 312 g/mol. The van der Waals surface area contributed by atoms with Crippen LogP contribution in [0.4, 0.5) is 0 Å². The van der Waals surface area contributed by atoms with Gasteiger partial charge in [0.25, 0.3) is 0 Å². The minimum absolute atomic E-state index is 0. The molecule has 3 atom stereocenters. The van der Waals surface area contributed by atoms with Crippen molar-refractivity contribution < 1.29 is 4.52 Å². The standard InChI is InChI=1S/C17H22N4O.ClH/c1-11(17-19-16(20-22-17)13-7-8-13)21-9-14(15(18)10-21)12-5-3-2-4-6-12;/h2-6,11,13-15H,7-10,18H2,1H3;1H/t11?,14-,15+;/m0./s1. The van der Waals surface area contributed by atoms with E-state index in [9.17, 15) is 0 Å². The lowest BCUT2D eigenvalue weighted by Crippen LogP contribution is -2.30. The zero-order valence-corrected chi connectivity index (χ0v) is 14.1. The van der Waals surface area contributed by atoms with Crippen LogP contribution in [0.2, 0.25) is 0 Å². The van der Waals surface area contributed by atoms with E-state index in [2.05, 4.69) is 46.2 Å². The van der Waals surface area contributed by atoms with Gasteiger partial charge in [-0.1, -0.05) is 35.5 Å². The molecule has 2 N–H and O–H groups in total. The molecule has 1 aliphatic heterocycles. The number of hydrogen-bond acceptors (Lipinski definition) is 5. The van der Waals surface area contributed by atoms with Crippen LogP contribution in [-0.2, 0) is 0 Å². The number of halogens is 1. The third kappa shape index (κ3) is 3.27. The molecule has 1 aromatic carbocycles. The van der Waals surface area contributed by atoms with Gasteiger partial charge >= 0.3 is 0 Å². The van der Waals surface area contributed by atoms with Crippen LogP contribution in [0.1, 0.15) is 54.9 Å². The molecule has 23 heavy (non-hydrogen) atoms. The molecule has 2 heterocycles. The number of hydrogen-bond donors (Lipinski definition) is 1. The van der Waals surface area contributed by atoms with E-state index in [1.165, 1.54) is 18.4 Å². The third-order valence-corrected chi connectivity index (χ3v) is 4.93. The fourth-order valence-corrected chi connectivity index (χ4v) is 3.31. The predicted molar refractivity (Wildman–Crippen MR) is 90.7 cm³/mol. The van der Waals surface area contributed by atoms with Gasteiger partial charge in [0.2, 0.25) is 5.89 Å². The second-order valence-corrected chi connectivity index (χ2v) is 6.58. The van der Waals surface area contributed by atoms with Crippen molar-refractivity contribution in [1.82, 2.24) is 15.0 Å². The molecule has 0 radical (unpaired) electrons. The fourth-order valence-electron chi connectivity index (χ4n) is 3.31. The topological polar surface area (TPSA) is 68.2 Å². The van der Waals surface area contributed by atoms with E-state index in [1.54, 1.807) is 0 Å². The Morgan fingerprint density at radius 1 is 1.22 bits per heavy atom. The van der Waals surface area contributed by atoms with E-state index < -0.39 is 0 Å². The minimum Gasteiger partial charge on any atom is -0.338 e. The Labute approximate surface area is 142 Å². The summed E-state index contributed by atoms with van der Waals surface area (Å²) in [4.78, 5) is 6.93. The van der Waals surface area contributed by atoms with Crippen LogP contribution in [0.25, 0.3) is 0 Å². The van der Waals surface area contributed by atoms with E-state index in [1.807, 2.05) is 6.07 Å². The first kappa shape index (κ1) is 16.4. The van der Waals surface area contributed by atoms with Crippen molar-refractivity contribution in [3.8, 4) is 0 Å².